The van der Waals surface area contributed by atoms with Gasteiger partial charge in [0.1, 0.15) is 12.3 Å². The third kappa shape index (κ3) is 4.01. The molecule has 0 fully saturated rings. The van der Waals surface area contributed by atoms with Crippen LogP contribution in [0.25, 0.3) is 0 Å². The smallest absolute Gasteiger partial charge is 0.240 e. The van der Waals surface area contributed by atoms with Gasteiger partial charge in [0.15, 0.2) is 0 Å². The molecular weight excluding hydrogens is 302 g/mol. The van der Waals surface area contributed by atoms with Crippen LogP contribution in [0.1, 0.15) is 31.0 Å². The Morgan fingerprint density at radius 3 is 2.91 bits per heavy atom. The maximum Gasteiger partial charge on any atom is 0.240 e. The Morgan fingerprint density at radius 2 is 2.27 bits per heavy atom. The van der Waals surface area contributed by atoms with Gasteiger partial charge in [-0.1, -0.05) is 17.7 Å². The molecule has 0 saturated heterocycles. The zero-order valence-corrected chi connectivity index (χ0v) is 13.7. The minimum atomic E-state index is -0.156. The van der Waals surface area contributed by atoms with Gasteiger partial charge in [-0.05, 0) is 38.4 Å². The lowest BCUT2D eigenvalue weighted by Crippen LogP contribution is -2.30. The summed E-state index contributed by atoms with van der Waals surface area (Å²) in [5.74, 6) is 0.665. The van der Waals surface area contributed by atoms with E-state index in [1.54, 1.807) is 17.0 Å². The molecule has 1 aromatic heterocycles. The molecule has 1 N–H and O–H groups in total. The third-order valence-electron chi connectivity index (χ3n) is 3.29. The summed E-state index contributed by atoms with van der Waals surface area (Å²) in [6, 6.07) is 5.80. The molecule has 1 aromatic carbocycles. The molecule has 0 aliphatic rings. The number of hydrogen-bond acceptors (Lipinski definition) is 3. The van der Waals surface area contributed by atoms with Crippen molar-refractivity contribution in [2.75, 3.05) is 6.61 Å². The standard InChI is InChI=1S/C16H20ClN3O2/c1-4-22-14-6-5-11(2)9-13(14)12(3)19-15(21)10-20-8-7-18-16(20)17/h5-9,12H,4,10H2,1-3H3,(H,19,21). The molecule has 6 heteroatoms. The van der Waals surface area contributed by atoms with Crippen molar-refractivity contribution >= 4 is 17.5 Å². The van der Waals surface area contributed by atoms with Gasteiger partial charge in [0, 0.05) is 18.0 Å². The maximum absolute atomic E-state index is 12.1. The molecule has 2 aromatic rings. The Balaban J connectivity index is 2.08. The number of nitrogens with one attached hydrogen (secondary N) is 1. The van der Waals surface area contributed by atoms with Crippen molar-refractivity contribution in [1.82, 2.24) is 14.9 Å². The summed E-state index contributed by atoms with van der Waals surface area (Å²) >= 11 is 5.88. The number of amides is 1. The molecule has 1 heterocycles. The van der Waals surface area contributed by atoms with Crippen LogP contribution in [0.2, 0.25) is 5.28 Å². The Labute approximate surface area is 135 Å². The van der Waals surface area contributed by atoms with Crippen LogP contribution in [0, 0.1) is 6.92 Å². The number of halogens is 1. The summed E-state index contributed by atoms with van der Waals surface area (Å²) in [5.41, 5.74) is 2.09. The van der Waals surface area contributed by atoms with Gasteiger partial charge >= 0.3 is 0 Å². The van der Waals surface area contributed by atoms with E-state index in [-0.39, 0.29) is 18.5 Å². The van der Waals surface area contributed by atoms with Crippen LogP contribution < -0.4 is 10.1 Å². The molecule has 1 atom stereocenters. The lowest BCUT2D eigenvalue weighted by Gasteiger charge is -2.19. The van der Waals surface area contributed by atoms with Crippen molar-refractivity contribution in [3.05, 3.63) is 47.0 Å². The molecule has 0 spiro atoms. The summed E-state index contributed by atoms with van der Waals surface area (Å²) in [6.07, 6.45) is 3.23. The highest BCUT2D eigenvalue weighted by Crippen LogP contribution is 2.26. The van der Waals surface area contributed by atoms with Gasteiger partial charge in [0.2, 0.25) is 11.2 Å². The minimum absolute atomic E-state index is 0.128. The first-order valence-corrected chi connectivity index (χ1v) is 7.58. The number of carbonyl (C=O) groups is 1. The van der Waals surface area contributed by atoms with Crippen molar-refractivity contribution in [1.29, 1.82) is 0 Å². The van der Waals surface area contributed by atoms with Crippen LogP contribution in [0.4, 0.5) is 0 Å². The van der Waals surface area contributed by atoms with E-state index >= 15 is 0 Å². The fourth-order valence-electron chi connectivity index (χ4n) is 2.24. The summed E-state index contributed by atoms with van der Waals surface area (Å²) < 4.78 is 7.22. The molecule has 1 amide bonds. The van der Waals surface area contributed by atoms with E-state index in [9.17, 15) is 4.79 Å². The number of hydrogen-bond donors (Lipinski definition) is 1. The van der Waals surface area contributed by atoms with Gasteiger partial charge in [0.25, 0.3) is 0 Å². The Morgan fingerprint density at radius 1 is 1.50 bits per heavy atom. The lowest BCUT2D eigenvalue weighted by molar-refractivity contribution is -0.122. The topological polar surface area (TPSA) is 56.1 Å². The average Bonchev–Trinajstić information content (AvgIpc) is 2.86. The molecule has 5 nitrogen and oxygen atoms in total. The Bertz CT molecular complexity index is 655. The normalized spacial score (nSPS) is 12.0. The minimum Gasteiger partial charge on any atom is -0.494 e. The molecule has 118 valence electrons. The predicted molar refractivity (Wildman–Crippen MR) is 86.1 cm³/mol. The quantitative estimate of drug-likeness (QED) is 0.889. The van der Waals surface area contributed by atoms with Gasteiger partial charge in [0.05, 0.1) is 12.6 Å². The van der Waals surface area contributed by atoms with Crippen molar-refractivity contribution in [3.8, 4) is 5.75 Å². The first-order valence-electron chi connectivity index (χ1n) is 7.20. The van der Waals surface area contributed by atoms with E-state index in [1.165, 1.54) is 0 Å². The molecule has 0 saturated carbocycles. The highest BCUT2D eigenvalue weighted by molar-refractivity contribution is 6.28. The first-order chi connectivity index (χ1) is 10.5. The number of ether oxygens (including phenoxy) is 1. The predicted octanol–water partition coefficient (Wildman–Crippen LogP) is 3.12. The number of aryl methyl sites for hydroxylation is 1. The van der Waals surface area contributed by atoms with Crippen LogP contribution in [-0.2, 0) is 11.3 Å². The van der Waals surface area contributed by atoms with Crippen LogP contribution in [0.3, 0.4) is 0 Å². The second-order valence-corrected chi connectivity index (χ2v) is 5.43. The van der Waals surface area contributed by atoms with Gasteiger partial charge in [-0.2, -0.15) is 0 Å². The average molecular weight is 322 g/mol. The third-order valence-corrected chi connectivity index (χ3v) is 3.60. The monoisotopic (exact) mass is 321 g/mol. The van der Waals surface area contributed by atoms with E-state index in [2.05, 4.69) is 10.3 Å². The summed E-state index contributed by atoms with van der Waals surface area (Å²) in [5, 5.41) is 3.26. The molecule has 2 rings (SSSR count). The summed E-state index contributed by atoms with van der Waals surface area (Å²) in [7, 11) is 0. The summed E-state index contributed by atoms with van der Waals surface area (Å²) in [6.45, 7) is 6.61. The molecular formula is C16H20ClN3O2. The highest BCUT2D eigenvalue weighted by atomic mass is 35.5. The molecule has 0 bridgehead atoms. The van der Waals surface area contributed by atoms with Gasteiger partial charge in [-0.15, -0.1) is 0 Å². The van der Waals surface area contributed by atoms with Gasteiger partial charge in [-0.3, -0.25) is 4.79 Å². The van der Waals surface area contributed by atoms with Crippen LogP contribution in [0.15, 0.2) is 30.6 Å². The van der Waals surface area contributed by atoms with Crippen LogP contribution in [0.5, 0.6) is 5.75 Å². The van der Waals surface area contributed by atoms with Crippen molar-refractivity contribution in [3.63, 3.8) is 0 Å². The zero-order chi connectivity index (χ0) is 16.1. The van der Waals surface area contributed by atoms with E-state index < -0.39 is 0 Å². The summed E-state index contributed by atoms with van der Waals surface area (Å²) in [4.78, 5) is 16.0. The molecule has 1 unspecified atom stereocenters. The lowest BCUT2D eigenvalue weighted by atomic mass is 10.0. The number of imidazole rings is 1. The zero-order valence-electron chi connectivity index (χ0n) is 13.0. The van der Waals surface area contributed by atoms with Gasteiger partial charge < -0.3 is 14.6 Å². The largest absolute Gasteiger partial charge is 0.494 e. The fourth-order valence-corrected chi connectivity index (χ4v) is 2.41. The number of rotatable bonds is 6. The molecule has 0 aliphatic heterocycles. The number of nitrogens with zero attached hydrogens (tertiary/aromatic N) is 2. The van der Waals surface area contributed by atoms with E-state index in [4.69, 9.17) is 16.3 Å². The first kappa shape index (κ1) is 16.4. The fraction of sp³-hybridized carbons (Fsp3) is 0.375. The highest BCUT2D eigenvalue weighted by Gasteiger charge is 2.15. The van der Waals surface area contributed by atoms with E-state index in [0.717, 1.165) is 16.9 Å². The second kappa shape index (κ2) is 7.31. The van der Waals surface area contributed by atoms with Crippen molar-refractivity contribution in [2.45, 2.75) is 33.4 Å². The van der Waals surface area contributed by atoms with Crippen LogP contribution in [-0.4, -0.2) is 22.1 Å². The Kier molecular flexibility index (Phi) is 5.44. The number of carbonyl (C=O) groups excluding carboxylic acids is 1. The van der Waals surface area contributed by atoms with Crippen LogP contribution >= 0.6 is 11.6 Å². The second-order valence-electron chi connectivity index (χ2n) is 5.09. The van der Waals surface area contributed by atoms with Gasteiger partial charge in [-0.25, -0.2) is 4.98 Å². The molecule has 0 aliphatic carbocycles. The number of benzene rings is 1. The SMILES string of the molecule is CCOc1ccc(C)cc1C(C)NC(=O)Cn1ccnc1Cl. The number of aromatic nitrogens is 2. The molecule has 22 heavy (non-hydrogen) atoms. The van der Waals surface area contributed by atoms with E-state index in [1.807, 2.05) is 39.0 Å². The van der Waals surface area contributed by atoms with Crippen molar-refractivity contribution < 1.29 is 9.53 Å². The maximum atomic E-state index is 12.1. The molecule has 0 radical (unpaired) electrons. The van der Waals surface area contributed by atoms with E-state index in [0.29, 0.717) is 11.9 Å². The Hall–Kier alpha value is -2.01. The van der Waals surface area contributed by atoms with Crippen molar-refractivity contribution in [2.24, 2.45) is 0 Å².